The van der Waals surface area contributed by atoms with Crippen molar-refractivity contribution in [2.24, 2.45) is 0 Å². The number of ether oxygens (including phenoxy) is 2. The Morgan fingerprint density at radius 1 is 1.11 bits per heavy atom. The highest BCUT2D eigenvalue weighted by Gasteiger charge is 2.55. The van der Waals surface area contributed by atoms with E-state index in [1.165, 1.54) is 13.3 Å². The van der Waals surface area contributed by atoms with Crippen LogP contribution in [-0.2, 0) is 11.3 Å². The second-order valence-corrected chi connectivity index (χ2v) is 10.7. The van der Waals surface area contributed by atoms with Crippen molar-refractivity contribution < 1.29 is 24.5 Å². The monoisotopic (exact) mass is 504 g/mol. The molecule has 37 heavy (non-hydrogen) atoms. The zero-order valence-corrected chi connectivity index (χ0v) is 21.1. The molecule has 4 aliphatic rings. The first kappa shape index (κ1) is 24.3. The van der Waals surface area contributed by atoms with E-state index in [1.807, 2.05) is 13.0 Å². The fourth-order valence-corrected chi connectivity index (χ4v) is 7.24. The van der Waals surface area contributed by atoms with Crippen LogP contribution in [0.5, 0.6) is 5.75 Å². The molecule has 6 atom stereocenters. The molecule has 1 aromatic heterocycles. The quantitative estimate of drug-likeness (QED) is 0.548. The van der Waals surface area contributed by atoms with E-state index >= 15 is 0 Å². The minimum absolute atomic E-state index is 0.275. The minimum atomic E-state index is -0.778. The van der Waals surface area contributed by atoms with Gasteiger partial charge >= 0.3 is 5.97 Å². The summed E-state index contributed by atoms with van der Waals surface area (Å²) in [5.41, 5.74) is 4.15. The van der Waals surface area contributed by atoms with E-state index in [2.05, 4.69) is 20.9 Å². The van der Waals surface area contributed by atoms with Gasteiger partial charge in [-0.1, -0.05) is 6.07 Å². The van der Waals surface area contributed by atoms with E-state index in [1.54, 1.807) is 12.1 Å². The number of methoxy groups -OCH3 is 1. The predicted octanol–water partition coefficient (Wildman–Crippen LogP) is 2.39. The number of benzene rings is 1. The lowest BCUT2D eigenvalue weighted by atomic mass is 9.94. The van der Waals surface area contributed by atoms with E-state index in [9.17, 15) is 20.3 Å². The molecule has 2 N–H and O–H groups in total. The standard InChI is InChI=1S/C28H32N4O5/c1-15-17(3-4-18-19(15)14-37-28(18)35)25(33)12-31-21-5-6-22(31)24-8-7-23(21)32(24)13-26(34)20-9-27(36-2)16(10-29)11-30-20/h3-4,9,11,21-26,33-34H,5-8,12-14H2,1-2H3/t21?,22?,23?,24?,25-,26?/m0/s1. The van der Waals surface area contributed by atoms with Gasteiger partial charge in [-0.05, 0) is 49.8 Å². The van der Waals surface area contributed by atoms with Crippen LogP contribution in [0, 0.1) is 18.3 Å². The molecule has 0 radical (unpaired) electrons. The van der Waals surface area contributed by atoms with Crippen LogP contribution >= 0.6 is 0 Å². The molecule has 4 bridgehead atoms. The summed E-state index contributed by atoms with van der Waals surface area (Å²) in [7, 11) is 1.51. The number of hydrogen-bond donors (Lipinski definition) is 2. The number of esters is 1. The van der Waals surface area contributed by atoms with Crippen molar-refractivity contribution in [1.29, 1.82) is 5.26 Å². The van der Waals surface area contributed by atoms with Crippen molar-refractivity contribution in [3.05, 3.63) is 57.9 Å². The van der Waals surface area contributed by atoms with Gasteiger partial charge in [0.15, 0.2) is 0 Å². The fraction of sp³-hybridized carbons (Fsp3) is 0.536. The maximum Gasteiger partial charge on any atom is 0.338 e. The van der Waals surface area contributed by atoms with Gasteiger partial charge in [0.2, 0.25) is 0 Å². The summed E-state index contributed by atoms with van der Waals surface area (Å²) in [6, 6.07) is 8.65. The van der Waals surface area contributed by atoms with Crippen LogP contribution in [0.25, 0.3) is 0 Å². The number of aliphatic hydroxyl groups excluding tert-OH is 2. The number of nitrogens with zero attached hydrogens (tertiary/aromatic N) is 4. The van der Waals surface area contributed by atoms with Gasteiger partial charge in [-0.25, -0.2) is 4.79 Å². The van der Waals surface area contributed by atoms with E-state index in [0.29, 0.717) is 59.8 Å². The van der Waals surface area contributed by atoms with Crippen LogP contribution in [0.4, 0.5) is 0 Å². The molecule has 2 aromatic rings. The number of carbonyl (C=O) groups is 1. The number of hydrogen-bond acceptors (Lipinski definition) is 9. The van der Waals surface area contributed by atoms with Crippen LogP contribution in [0.3, 0.4) is 0 Å². The molecule has 0 saturated carbocycles. The molecule has 6 rings (SSSR count). The summed E-state index contributed by atoms with van der Waals surface area (Å²) in [4.78, 5) is 21.2. The maximum atomic E-state index is 11.9. The highest BCUT2D eigenvalue weighted by molar-refractivity contribution is 5.93. The van der Waals surface area contributed by atoms with Crippen LogP contribution in [0.2, 0.25) is 0 Å². The SMILES string of the molecule is COc1cc(C(O)CN2C3CCC2C2CCC3N2C[C@H](O)c2ccc3c(c2C)COC3=O)ncc1C#N. The topological polar surface area (TPSA) is 119 Å². The zero-order chi connectivity index (χ0) is 25.8. The molecule has 4 aliphatic heterocycles. The molecule has 0 amide bonds. The summed E-state index contributed by atoms with van der Waals surface area (Å²) in [6.45, 7) is 3.28. The lowest BCUT2D eigenvalue weighted by molar-refractivity contribution is -0.0341. The molecule has 5 heterocycles. The molecule has 194 valence electrons. The minimum Gasteiger partial charge on any atom is -0.495 e. The predicted molar refractivity (Wildman–Crippen MR) is 133 cm³/mol. The highest BCUT2D eigenvalue weighted by atomic mass is 16.5. The van der Waals surface area contributed by atoms with E-state index in [0.717, 1.165) is 42.4 Å². The zero-order valence-electron chi connectivity index (χ0n) is 21.1. The van der Waals surface area contributed by atoms with Crippen molar-refractivity contribution in [3.63, 3.8) is 0 Å². The number of aromatic nitrogens is 1. The van der Waals surface area contributed by atoms with Crippen molar-refractivity contribution in [2.45, 2.75) is 75.6 Å². The number of cyclic esters (lactones) is 1. The van der Waals surface area contributed by atoms with Crippen molar-refractivity contribution >= 4 is 5.97 Å². The van der Waals surface area contributed by atoms with Crippen LogP contribution in [0.15, 0.2) is 24.4 Å². The van der Waals surface area contributed by atoms with Gasteiger partial charge in [-0.3, -0.25) is 14.8 Å². The largest absolute Gasteiger partial charge is 0.495 e. The van der Waals surface area contributed by atoms with E-state index in [-0.39, 0.29) is 12.6 Å². The van der Waals surface area contributed by atoms with E-state index < -0.39 is 12.2 Å². The summed E-state index contributed by atoms with van der Waals surface area (Å²) in [6.07, 6.45) is 4.35. The second kappa shape index (κ2) is 9.37. The lowest BCUT2D eigenvalue weighted by Crippen LogP contribution is -2.61. The second-order valence-electron chi connectivity index (χ2n) is 10.7. The smallest absolute Gasteiger partial charge is 0.338 e. The maximum absolute atomic E-state index is 11.9. The Kier molecular flexibility index (Phi) is 6.16. The number of pyridine rings is 1. The molecule has 1 aromatic carbocycles. The van der Waals surface area contributed by atoms with Gasteiger partial charge in [0.05, 0.1) is 24.5 Å². The first-order valence-electron chi connectivity index (χ1n) is 13.0. The van der Waals surface area contributed by atoms with Crippen molar-refractivity contribution in [3.8, 4) is 11.8 Å². The molecule has 3 saturated heterocycles. The molecule has 9 nitrogen and oxygen atoms in total. The van der Waals surface area contributed by atoms with Gasteiger partial charge in [-0.2, -0.15) is 5.26 Å². The average Bonchev–Trinajstić information content (AvgIpc) is 3.54. The van der Waals surface area contributed by atoms with Gasteiger partial charge in [0.25, 0.3) is 0 Å². The summed E-state index contributed by atoms with van der Waals surface area (Å²) in [5, 5.41) is 31.6. The molecular formula is C28H32N4O5. The molecule has 3 fully saturated rings. The summed E-state index contributed by atoms with van der Waals surface area (Å²) >= 11 is 0. The van der Waals surface area contributed by atoms with Crippen LogP contribution < -0.4 is 4.74 Å². The molecular weight excluding hydrogens is 472 g/mol. The normalized spacial score (nSPS) is 28.0. The Morgan fingerprint density at radius 2 is 1.73 bits per heavy atom. The number of fused-ring (bicyclic) bond motifs is 7. The number of carbonyl (C=O) groups excluding carboxylic acids is 1. The van der Waals surface area contributed by atoms with Gasteiger partial charge in [0.1, 0.15) is 30.1 Å². The third-order valence-electron chi connectivity index (χ3n) is 9.01. The Labute approximate surface area is 216 Å². The molecule has 0 spiro atoms. The van der Waals surface area contributed by atoms with Gasteiger partial charge in [-0.15, -0.1) is 0 Å². The summed E-state index contributed by atoms with van der Waals surface area (Å²) < 4.78 is 10.5. The first-order chi connectivity index (χ1) is 17.9. The molecule has 5 unspecified atom stereocenters. The average molecular weight is 505 g/mol. The fourth-order valence-electron chi connectivity index (χ4n) is 7.24. The summed E-state index contributed by atoms with van der Waals surface area (Å²) in [5.74, 6) is 0.132. The first-order valence-corrected chi connectivity index (χ1v) is 13.0. The Bertz CT molecular complexity index is 1260. The Balaban J connectivity index is 1.18. The van der Waals surface area contributed by atoms with Gasteiger partial charge in [0, 0.05) is 55.1 Å². The van der Waals surface area contributed by atoms with Gasteiger partial charge < -0.3 is 19.7 Å². The van der Waals surface area contributed by atoms with Crippen LogP contribution in [0.1, 0.15) is 76.2 Å². The number of nitriles is 1. The number of rotatable bonds is 7. The van der Waals surface area contributed by atoms with Crippen molar-refractivity contribution in [2.75, 3.05) is 20.2 Å². The number of piperazine rings is 1. The van der Waals surface area contributed by atoms with Crippen LogP contribution in [-0.4, -0.2) is 75.3 Å². The Morgan fingerprint density at radius 3 is 2.32 bits per heavy atom. The molecule has 9 heteroatoms. The third kappa shape index (κ3) is 3.91. The third-order valence-corrected chi connectivity index (χ3v) is 9.01. The molecule has 0 aliphatic carbocycles. The highest BCUT2D eigenvalue weighted by Crippen LogP contribution is 2.47. The Hall–Kier alpha value is -3.03. The van der Waals surface area contributed by atoms with Crippen molar-refractivity contribution in [1.82, 2.24) is 14.8 Å². The number of aliphatic hydroxyl groups is 2. The van der Waals surface area contributed by atoms with E-state index in [4.69, 9.17) is 9.47 Å². The lowest BCUT2D eigenvalue weighted by Gasteiger charge is -2.48.